The third-order valence-corrected chi connectivity index (χ3v) is 5.10. The zero-order valence-corrected chi connectivity index (χ0v) is 15.1. The zero-order valence-electron chi connectivity index (χ0n) is 14.3. The lowest BCUT2D eigenvalue weighted by Gasteiger charge is -2.15. The summed E-state index contributed by atoms with van der Waals surface area (Å²) >= 11 is 1.38. The molecule has 2 heterocycles. The van der Waals surface area contributed by atoms with E-state index in [4.69, 9.17) is 0 Å². The van der Waals surface area contributed by atoms with Crippen LogP contribution in [0.3, 0.4) is 0 Å². The Kier molecular flexibility index (Phi) is 5.75. The third kappa shape index (κ3) is 4.63. The minimum atomic E-state index is -0.300. The number of likely N-dealkylation sites (tertiary alicyclic amines) is 1. The van der Waals surface area contributed by atoms with Crippen LogP contribution in [0, 0.1) is 5.92 Å². The lowest BCUT2D eigenvalue weighted by Crippen LogP contribution is -2.29. The number of unbranched alkanes of at least 4 members (excludes halogenated alkanes) is 1. The summed E-state index contributed by atoms with van der Waals surface area (Å²) in [7, 11) is 0. The number of amides is 2. The van der Waals surface area contributed by atoms with Crippen LogP contribution in [-0.2, 0) is 16.0 Å². The fourth-order valence-electron chi connectivity index (χ4n) is 2.87. The molecular formula is C18H22N4O2S. The molecule has 0 radical (unpaired) electrons. The van der Waals surface area contributed by atoms with E-state index in [9.17, 15) is 9.59 Å². The number of hydrogen-bond donors (Lipinski definition) is 1. The number of anilines is 1. The average molecular weight is 358 g/mol. The van der Waals surface area contributed by atoms with E-state index in [-0.39, 0.29) is 24.2 Å². The van der Waals surface area contributed by atoms with Crippen LogP contribution in [0.2, 0.25) is 0 Å². The lowest BCUT2D eigenvalue weighted by atomic mass is 10.1. The van der Waals surface area contributed by atoms with Gasteiger partial charge in [0, 0.05) is 25.9 Å². The van der Waals surface area contributed by atoms with Gasteiger partial charge < -0.3 is 10.2 Å². The topological polar surface area (TPSA) is 75.2 Å². The molecule has 1 unspecified atom stereocenters. The number of benzene rings is 1. The van der Waals surface area contributed by atoms with Gasteiger partial charge in [0.15, 0.2) is 0 Å². The summed E-state index contributed by atoms with van der Waals surface area (Å²) in [5, 5.41) is 12.4. The van der Waals surface area contributed by atoms with E-state index in [1.54, 1.807) is 4.90 Å². The van der Waals surface area contributed by atoms with E-state index in [2.05, 4.69) is 22.4 Å². The van der Waals surface area contributed by atoms with Gasteiger partial charge in [-0.1, -0.05) is 55.0 Å². The van der Waals surface area contributed by atoms with Crippen molar-refractivity contribution in [3.63, 3.8) is 0 Å². The number of rotatable bonds is 7. The minimum absolute atomic E-state index is 0.0654. The van der Waals surface area contributed by atoms with E-state index < -0.39 is 0 Å². The van der Waals surface area contributed by atoms with Crippen molar-refractivity contribution in [3.8, 4) is 0 Å². The standard InChI is InChI=1S/C18H22N4O2S/c1-2-3-9-22-12-14(11-16(22)23)17(24)19-18-21-20-15(25-18)10-13-7-5-4-6-8-13/h4-8,14H,2-3,9-12H2,1H3,(H,19,21,24). The Labute approximate surface area is 151 Å². The number of carbonyl (C=O) groups is 2. The van der Waals surface area contributed by atoms with Gasteiger partial charge in [-0.3, -0.25) is 9.59 Å². The van der Waals surface area contributed by atoms with Gasteiger partial charge in [0.1, 0.15) is 5.01 Å². The summed E-state index contributed by atoms with van der Waals surface area (Å²) < 4.78 is 0. The zero-order chi connectivity index (χ0) is 17.6. The van der Waals surface area contributed by atoms with Crippen molar-refractivity contribution in [2.24, 2.45) is 5.92 Å². The highest BCUT2D eigenvalue weighted by atomic mass is 32.1. The third-order valence-electron chi connectivity index (χ3n) is 4.26. The smallest absolute Gasteiger partial charge is 0.231 e. The first-order valence-electron chi connectivity index (χ1n) is 8.60. The molecule has 1 aromatic heterocycles. The Morgan fingerprint density at radius 3 is 2.88 bits per heavy atom. The molecule has 1 aliphatic rings. The van der Waals surface area contributed by atoms with E-state index in [1.807, 2.05) is 30.3 Å². The molecule has 1 aromatic carbocycles. The highest BCUT2D eigenvalue weighted by Crippen LogP contribution is 2.23. The van der Waals surface area contributed by atoms with Gasteiger partial charge in [-0.05, 0) is 12.0 Å². The number of nitrogens with zero attached hydrogens (tertiary/aromatic N) is 3. The summed E-state index contributed by atoms with van der Waals surface area (Å²) in [6.45, 7) is 3.33. The first-order valence-corrected chi connectivity index (χ1v) is 9.42. The van der Waals surface area contributed by atoms with Crippen LogP contribution in [0.4, 0.5) is 5.13 Å². The first kappa shape index (κ1) is 17.5. The minimum Gasteiger partial charge on any atom is -0.342 e. The van der Waals surface area contributed by atoms with Crippen LogP contribution in [0.15, 0.2) is 30.3 Å². The molecule has 1 atom stereocenters. The fourth-order valence-corrected chi connectivity index (χ4v) is 3.64. The molecule has 0 aliphatic carbocycles. The summed E-state index contributed by atoms with van der Waals surface area (Å²) in [5.41, 5.74) is 1.16. The number of nitrogens with one attached hydrogen (secondary N) is 1. The second-order valence-corrected chi connectivity index (χ2v) is 7.31. The normalized spacial score (nSPS) is 17.1. The van der Waals surface area contributed by atoms with Gasteiger partial charge in [-0.25, -0.2) is 0 Å². The fraction of sp³-hybridized carbons (Fsp3) is 0.444. The predicted molar refractivity (Wildman–Crippen MR) is 97.4 cm³/mol. The number of carbonyl (C=O) groups excluding carboxylic acids is 2. The van der Waals surface area contributed by atoms with Crippen molar-refractivity contribution in [1.29, 1.82) is 0 Å². The van der Waals surface area contributed by atoms with E-state index >= 15 is 0 Å². The Morgan fingerprint density at radius 2 is 2.12 bits per heavy atom. The largest absolute Gasteiger partial charge is 0.342 e. The average Bonchev–Trinajstić information content (AvgIpc) is 3.20. The highest BCUT2D eigenvalue weighted by Gasteiger charge is 2.34. The predicted octanol–water partition coefficient (Wildman–Crippen LogP) is 2.72. The number of aromatic nitrogens is 2. The van der Waals surface area contributed by atoms with Gasteiger partial charge in [0.25, 0.3) is 0 Å². The molecule has 25 heavy (non-hydrogen) atoms. The Bertz CT molecular complexity index is 732. The molecule has 2 amide bonds. The molecule has 0 spiro atoms. The molecule has 0 saturated carbocycles. The highest BCUT2D eigenvalue weighted by molar-refractivity contribution is 7.15. The molecule has 1 fully saturated rings. The molecule has 132 valence electrons. The maximum atomic E-state index is 12.4. The van der Waals surface area contributed by atoms with Crippen molar-refractivity contribution in [2.45, 2.75) is 32.6 Å². The van der Waals surface area contributed by atoms with Crippen molar-refractivity contribution >= 4 is 28.3 Å². The molecular weight excluding hydrogens is 336 g/mol. The molecule has 1 aliphatic heterocycles. The van der Waals surface area contributed by atoms with Crippen LogP contribution in [0.1, 0.15) is 36.8 Å². The van der Waals surface area contributed by atoms with Crippen LogP contribution < -0.4 is 5.32 Å². The van der Waals surface area contributed by atoms with E-state index in [0.29, 0.717) is 18.1 Å². The molecule has 1 N–H and O–H groups in total. The van der Waals surface area contributed by atoms with Crippen LogP contribution in [0.5, 0.6) is 0 Å². The summed E-state index contributed by atoms with van der Waals surface area (Å²) in [6, 6.07) is 10.0. The van der Waals surface area contributed by atoms with E-state index in [1.165, 1.54) is 11.3 Å². The second kappa shape index (κ2) is 8.20. The Morgan fingerprint density at radius 1 is 1.32 bits per heavy atom. The Balaban J connectivity index is 1.54. The SMILES string of the molecule is CCCCN1CC(C(=O)Nc2nnc(Cc3ccccc3)s2)CC1=O. The van der Waals surface area contributed by atoms with Gasteiger partial charge in [-0.15, -0.1) is 10.2 Å². The maximum Gasteiger partial charge on any atom is 0.231 e. The van der Waals surface area contributed by atoms with Crippen LogP contribution >= 0.6 is 11.3 Å². The summed E-state index contributed by atoms with van der Waals surface area (Å²) in [4.78, 5) is 26.2. The van der Waals surface area contributed by atoms with Crippen LogP contribution in [0.25, 0.3) is 0 Å². The van der Waals surface area contributed by atoms with Gasteiger partial charge in [0.2, 0.25) is 16.9 Å². The summed E-state index contributed by atoms with van der Waals surface area (Å²) in [6.07, 6.45) is 2.99. The Hall–Kier alpha value is -2.28. The van der Waals surface area contributed by atoms with Crippen LogP contribution in [-0.4, -0.2) is 40.0 Å². The van der Waals surface area contributed by atoms with Gasteiger partial charge >= 0.3 is 0 Å². The monoisotopic (exact) mass is 358 g/mol. The molecule has 3 rings (SSSR count). The van der Waals surface area contributed by atoms with Crippen molar-refractivity contribution in [1.82, 2.24) is 15.1 Å². The van der Waals surface area contributed by atoms with Gasteiger partial charge in [0.05, 0.1) is 5.92 Å². The van der Waals surface area contributed by atoms with Crippen molar-refractivity contribution in [2.75, 3.05) is 18.4 Å². The quantitative estimate of drug-likeness (QED) is 0.826. The van der Waals surface area contributed by atoms with E-state index in [0.717, 1.165) is 30.0 Å². The molecule has 2 aromatic rings. The first-order chi connectivity index (χ1) is 12.2. The molecule has 1 saturated heterocycles. The second-order valence-electron chi connectivity index (χ2n) is 6.25. The lowest BCUT2D eigenvalue weighted by molar-refractivity contribution is -0.128. The summed E-state index contributed by atoms with van der Waals surface area (Å²) in [5.74, 6) is -0.379. The molecule has 0 bridgehead atoms. The number of hydrogen-bond acceptors (Lipinski definition) is 5. The molecule has 7 heteroatoms. The molecule has 6 nitrogen and oxygen atoms in total. The van der Waals surface area contributed by atoms with Crippen molar-refractivity contribution in [3.05, 3.63) is 40.9 Å². The van der Waals surface area contributed by atoms with Gasteiger partial charge in [-0.2, -0.15) is 0 Å². The maximum absolute atomic E-state index is 12.4. The van der Waals surface area contributed by atoms with Crippen molar-refractivity contribution < 1.29 is 9.59 Å².